The van der Waals surface area contributed by atoms with E-state index in [9.17, 15) is 0 Å². The summed E-state index contributed by atoms with van der Waals surface area (Å²) in [6.07, 6.45) is 3.00. The molecule has 0 spiro atoms. The fourth-order valence-electron chi connectivity index (χ4n) is 0. The first-order valence-electron chi connectivity index (χ1n) is 2.40. The lowest BCUT2D eigenvalue weighted by molar-refractivity contribution is 1.09. The molecule has 0 heteroatoms. The topological polar surface area (TPSA) is 0 Å². The van der Waals surface area contributed by atoms with Crippen LogP contribution in [0.2, 0.25) is 0 Å². The summed E-state index contributed by atoms with van der Waals surface area (Å²) in [6, 6.07) is 0. The summed E-state index contributed by atoms with van der Waals surface area (Å²) in [4.78, 5) is 0. The number of allylic oxidation sites excluding steroid dienone is 1. The van der Waals surface area contributed by atoms with Crippen LogP contribution >= 0.6 is 0 Å². The first-order chi connectivity index (χ1) is 2.83. The molecule has 0 fully saturated rings. The van der Waals surface area contributed by atoms with Crippen molar-refractivity contribution >= 4 is 0 Å². The molecule has 0 aromatic carbocycles. The largest absolute Gasteiger partial charge is 0.103 e. The minimum atomic E-state index is 0. The van der Waals surface area contributed by atoms with Crippen LogP contribution in [0.4, 0.5) is 0 Å². The first kappa shape index (κ1) is 15.9. The van der Waals surface area contributed by atoms with Crippen LogP contribution in [-0.4, -0.2) is 0 Å². The summed E-state index contributed by atoms with van der Waals surface area (Å²) in [5.74, 6) is 0. The Morgan fingerprint density at radius 3 is 1.43 bits per heavy atom. The Balaban J connectivity index is -0.0000000400. The average molecular weight is 102 g/mol. The van der Waals surface area contributed by atoms with Gasteiger partial charge in [-0.05, 0) is 6.92 Å². The molecule has 7 heavy (non-hydrogen) atoms. The zero-order valence-corrected chi connectivity index (χ0v) is 4.99. The van der Waals surface area contributed by atoms with Gasteiger partial charge in [-0.15, -0.1) is 6.58 Å². The number of hydrogen-bond acceptors (Lipinski definition) is 0. The molecule has 0 rings (SSSR count). The van der Waals surface area contributed by atoms with Gasteiger partial charge in [0.25, 0.3) is 0 Å². The second kappa shape index (κ2) is 42.6. The van der Waals surface area contributed by atoms with E-state index < -0.39 is 0 Å². The summed E-state index contributed by atoms with van der Waals surface area (Å²) in [5.41, 5.74) is 0. The third-order valence-corrected chi connectivity index (χ3v) is 0. The molecule has 0 aliphatic carbocycles. The van der Waals surface area contributed by atoms with Crippen molar-refractivity contribution in [1.82, 2.24) is 0 Å². The molecule has 0 aromatic heterocycles. The van der Waals surface area contributed by atoms with Crippen LogP contribution in [0.25, 0.3) is 0 Å². The molecule has 0 atom stereocenters. The van der Waals surface area contributed by atoms with Gasteiger partial charge in [-0.2, -0.15) is 0 Å². The molecule has 46 valence electrons. The van der Waals surface area contributed by atoms with E-state index in [4.69, 9.17) is 0 Å². The van der Waals surface area contributed by atoms with Gasteiger partial charge in [0.15, 0.2) is 0 Å². The SMILES string of the molecule is C.C=CC.CCC. The molecule has 0 saturated carbocycles. The van der Waals surface area contributed by atoms with Crippen molar-refractivity contribution in [2.24, 2.45) is 0 Å². The van der Waals surface area contributed by atoms with Crippen molar-refractivity contribution in [3.8, 4) is 0 Å². The van der Waals surface area contributed by atoms with Gasteiger partial charge in [0.05, 0.1) is 0 Å². The highest BCUT2D eigenvalue weighted by Gasteiger charge is 1.35. The highest BCUT2D eigenvalue weighted by atomic mass is 13.4. The summed E-state index contributed by atoms with van der Waals surface area (Å²) >= 11 is 0. The molecule has 0 saturated heterocycles. The molecule has 0 aliphatic heterocycles. The van der Waals surface area contributed by atoms with Crippen molar-refractivity contribution in [2.75, 3.05) is 0 Å². The van der Waals surface area contributed by atoms with Crippen molar-refractivity contribution in [3.05, 3.63) is 12.7 Å². The van der Waals surface area contributed by atoms with Crippen molar-refractivity contribution < 1.29 is 0 Å². The van der Waals surface area contributed by atoms with Gasteiger partial charge >= 0.3 is 0 Å². The van der Waals surface area contributed by atoms with Gasteiger partial charge < -0.3 is 0 Å². The second-order valence-electron chi connectivity index (χ2n) is 1.12. The molecular formula is C7H18. The summed E-state index contributed by atoms with van der Waals surface area (Å²) in [7, 11) is 0. The third-order valence-electron chi connectivity index (χ3n) is 0. The Bertz CT molecular complexity index is 14.0. The Morgan fingerprint density at radius 2 is 1.43 bits per heavy atom. The van der Waals surface area contributed by atoms with Crippen LogP contribution < -0.4 is 0 Å². The summed E-state index contributed by atoms with van der Waals surface area (Å²) in [6.45, 7) is 9.50. The highest BCUT2D eigenvalue weighted by Crippen LogP contribution is 1.56. The van der Waals surface area contributed by atoms with Crippen molar-refractivity contribution in [1.29, 1.82) is 0 Å². The zero-order chi connectivity index (χ0) is 5.41. The van der Waals surface area contributed by atoms with Gasteiger partial charge in [0.2, 0.25) is 0 Å². The van der Waals surface area contributed by atoms with Crippen LogP contribution in [0.1, 0.15) is 34.6 Å². The lowest BCUT2D eigenvalue weighted by Crippen LogP contribution is -1.27. The zero-order valence-electron chi connectivity index (χ0n) is 4.99. The molecule has 0 amide bonds. The van der Waals surface area contributed by atoms with Gasteiger partial charge in [-0.25, -0.2) is 0 Å². The van der Waals surface area contributed by atoms with E-state index in [-0.39, 0.29) is 7.43 Å². The van der Waals surface area contributed by atoms with E-state index in [1.165, 1.54) is 6.42 Å². The van der Waals surface area contributed by atoms with Gasteiger partial charge in [0, 0.05) is 0 Å². The van der Waals surface area contributed by atoms with Crippen molar-refractivity contribution in [3.63, 3.8) is 0 Å². The molecule has 0 nitrogen and oxygen atoms in total. The molecule has 0 unspecified atom stereocenters. The van der Waals surface area contributed by atoms with Crippen LogP contribution in [0.15, 0.2) is 12.7 Å². The smallest absolute Gasteiger partial charge is 0.0473 e. The fraction of sp³-hybridized carbons (Fsp3) is 0.714. The van der Waals surface area contributed by atoms with Crippen LogP contribution in [-0.2, 0) is 0 Å². The Morgan fingerprint density at radius 1 is 1.43 bits per heavy atom. The number of hydrogen-bond donors (Lipinski definition) is 0. The van der Waals surface area contributed by atoms with Gasteiger partial charge in [-0.3, -0.25) is 0 Å². The summed E-state index contributed by atoms with van der Waals surface area (Å²) < 4.78 is 0. The van der Waals surface area contributed by atoms with E-state index >= 15 is 0 Å². The molecule has 0 heterocycles. The molecule has 0 radical (unpaired) electrons. The van der Waals surface area contributed by atoms with E-state index in [2.05, 4.69) is 20.4 Å². The molecule has 0 N–H and O–H groups in total. The normalized spacial score (nSPS) is 4.43. The van der Waals surface area contributed by atoms with Gasteiger partial charge in [0.1, 0.15) is 0 Å². The van der Waals surface area contributed by atoms with Crippen LogP contribution in [0.3, 0.4) is 0 Å². The average Bonchev–Trinajstić information content (AvgIpc) is 1.39. The highest BCUT2D eigenvalue weighted by molar-refractivity contribution is 4.51. The third kappa shape index (κ3) is 1190. The Labute approximate surface area is 48.3 Å². The van der Waals surface area contributed by atoms with Crippen LogP contribution in [0.5, 0.6) is 0 Å². The predicted octanol–water partition coefficient (Wildman–Crippen LogP) is 3.24. The Hall–Kier alpha value is -0.260. The monoisotopic (exact) mass is 102 g/mol. The molecule has 0 aliphatic rings. The lowest BCUT2D eigenvalue weighted by atomic mass is 10.6. The minimum Gasteiger partial charge on any atom is -0.103 e. The maximum Gasteiger partial charge on any atom is -0.0473 e. The van der Waals surface area contributed by atoms with Gasteiger partial charge in [-0.1, -0.05) is 33.8 Å². The fourth-order valence-corrected chi connectivity index (χ4v) is 0. The lowest BCUT2D eigenvalue weighted by Gasteiger charge is -1.48. The van der Waals surface area contributed by atoms with Crippen LogP contribution in [0, 0.1) is 0 Å². The first-order valence-corrected chi connectivity index (χ1v) is 2.40. The molecular weight excluding hydrogens is 84.1 g/mol. The predicted molar refractivity (Wildman–Crippen MR) is 38.6 cm³/mol. The Kier molecular flexibility index (Phi) is 96.6. The minimum absolute atomic E-state index is 0. The van der Waals surface area contributed by atoms with E-state index in [1.807, 2.05) is 6.92 Å². The maximum atomic E-state index is 3.36. The maximum absolute atomic E-state index is 3.36. The van der Waals surface area contributed by atoms with E-state index in [0.717, 1.165) is 0 Å². The summed E-state index contributed by atoms with van der Waals surface area (Å²) in [5, 5.41) is 0. The van der Waals surface area contributed by atoms with Crippen molar-refractivity contribution in [2.45, 2.75) is 34.6 Å². The van der Waals surface area contributed by atoms with E-state index in [0.29, 0.717) is 0 Å². The molecule has 0 bridgehead atoms. The number of rotatable bonds is 0. The quantitative estimate of drug-likeness (QED) is 0.412. The van der Waals surface area contributed by atoms with E-state index in [1.54, 1.807) is 6.08 Å². The second-order valence-corrected chi connectivity index (χ2v) is 1.12. The standard InChI is InChI=1S/C3H8.C3H6.CH4/c2*1-3-2;/h3H2,1-2H3;3H,1H2,2H3;1H4. The molecule has 0 aromatic rings.